The highest BCUT2D eigenvalue weighted by atomic mass is 32.2. The Bertz CT molecular complexity index is 1940. The highest BCUT2D eigenvalue weighted by Crippen LogP contribution is 2.47. The summed E-state index contributed by atoms with van der Waals surface area (Å²) in [5, 5.41) is 11.2. The molecular formula is C36H45N5O7S. The van der Waals surface area contributed by atoms with Gasteiger partial charge in [-0.2, -0.15) is 12.7 Å². The molecule has 49 heavy (non-hydrogen) atoms. The predicted molar refractivity (Wildman–Crippen MR) is 187 cm³/mol. The number of methoxy groups -OCH3 is 1. The molecule has 2 N–H and O–H groups in total. The van der Waals surface area contributed by atoms with E-state index in [4.69, 9.17) is 4.74 Å². The minimum atomic E-state index is -4.01. The van der Waals surface area contributed by atoms with Gasteiger partial charge >= 0.3 is 10.2 Å². The van der Waals surface area contributed by atoms with Gasteiger partial charge in [0.1, 0.15) is 11.4 Å². The van der Waals surface area contributed by atoms with Crippen LogP contribution in [0.15, 0.2) is 42.0 Å². The van der Waals surface area contributed by atoms with E-state index in [9.17, 15) is 27.9 Å². The molecule has 0 atom stereocenters. The SMILES string of the molecule is COc1ccc2c(c1)C=C(C(=O)N1CCN(C(=O)C(C)(C)O)CC1)Cn1c-2c(C2CCCCC2)c2ccc(C(=O)NS(=O)(=O)N(C)C)cc21. The fourth-order valence-corrected chi connectivity index (χ4v) is 7.82. The van der Waals surface area contributed by atoms with Crippen molar-refractivity contribution in [3.63, 3.8) is 0 Å². The molecule has 2 fully saturated rings. The number of amides is 3. The molecule has 262 valence electrons. The first kappa shape index (κ1) is 34.7. The Hall–Kier alpha value is -4.20. The minimum absolute atomic E-state index is 0.163. The molecule has 1 aliphatic carbocycles. The lowest BCUT2D eigenvalue weighted by Crippen LogP contribution is -2.55. The molecule has 3 aliphatic rings. The van der Waals surface area contributed by atoms with E-state index in [0.29, 0.717) is 37.5 Å². The summed E-state index contributed by atoms with van der Waals surface area (Å²) in [6.07, 6.45) is 7.36. The monoisotopic (exact) mass is 691 g/mol. The van der Waals surface area contributed by atoms with E-state index >= 15 is 0 Å². The third-order valence-corrected chi connectivity index (χ3v) is 11.3. The average molecular weight is 692 g/mol. The highest BCUT2D eigenvalue weighted by molar-refractivity contribution is 7.87. The van der Waals surface area contributed by atoms with Crippen molar-refractivity contribution < 1.29 is 32.6 Å². The summed E-state index contributed by atoms with van der Waals surface area (Å²) in [4.78, 5) is 43.6. The number of piperazine rings is 1. The number of aliphatic hydroxyl groups is 1. The van der Waals surface area contributed by atoms with Crippen molar-refractivity contribution in [2.75, 3.05) is 47.4 Å². The van der Waals surface area contributed by atoms with Crippen molar-refractivity contribution >= 4 is 44.9 Å². The van der Waals surface area contributed by atoms with Crippen LogP contribution >= 0.6 is 0 Å². The summed E-state index contributed by atoms with van der Waals surface area (Å²) < 4.78 is 35.8. The number of rotatable bonds is 7. The molecule has 3 heterocycles. The van der Waals surface area contributed by atoms with Crippen LogP contribution in [0.3, 0.4) is 0 Å². The van der Waals surface area contributed by atoms with E-state index < -0.39 is 21.7 Å². The fourth-order valence-electron chi connectivity index (χ4n) is 7.28. The van der Waals surface area contributed by atoms with Crippen LogP contribution in [-0.4, -0.2) is 103 Å². The van der Waals surface area contributed by atoms with Crippen molar-refractivity contribution in [1.29, 1.82) is 0 Å². The van der Waals surface area contributed by atoms with Crippen molar-refractivity contribution in [2.45, 2.75) is 64.0 Å². The quantitative estimate of drug-likeness (QED) is 0.385. The minimum Gasteiger partial charge on any atom is -0.497 e. The van der Waals surface area contributed by atoms with Gasteiger partial charge in [0.15, 0.2) is 0 Å². The molecule has 0 unspecified atom stereocenters. The van der Waals surface area contributed by atoms with E-state index in [-0.39, 0.29) is 29.8 Å². The standard InChI is InChI=1S/C36H45N5O7S/c1-36(2,45)35(44)40-17-15-39(16-18-40)34(43)26-19-25-20-27(48-5)12-14-28(25)32-31(23-9-7-6-8-10-23)29-13-11-24(21-30(29)41(32)22-26)33(42)37-49(46,47)38(3)4/h11-14,19-21,23,45H,6-10,15-18,22H2,1-5H3,(H,37,42). The molecule has 0 bridgehead atoms. The summed E-state index contributed by atoms with van der Waals surface area (Å²) in [5.74, 6) is -0.343. The molecule has 2 aromatic carbocycles. The van der Waals surface area contributed by atoms with Gasteiger partial charge in [-0.25, -0.2) is 4.72 Å². The van der Waals surface area contributed by atoms with Crippen molar-refractivity contribution in [3.05, 3.63) is 58.7 Å². The molecule has 13 heteroatoms. The zero-order valence-electron chi connectivity index (χ0n) is 28.8. The van der Waals surface area contributed by atoms with Gasteiger partial charge in [-0.3, -0.25) is 14.4 Å². The molecule has 6 rings (SSSR count). The Kier molecular flexibility index (Phi) is 9.38. The van der Waals surface area contributed by atoms with Crippen molar-refractivity contribution in [2.24, 2.45) is 0 Å². The Morgan fingerprint density at radius 3 is 2.27 bits per heavy atom. The molecule has 0 radical (unpaired) electrons. The second-order valence-electron chi connectivity index (χ2n) is 13.9. The smallest absolute Gasteiger partial charge is 0.303 e. The highest BCUT2D eigenvalue weighted by Gasteiger charge is 2.35. The molecule has 1 aromatic heterocycles. The summed E-state index contributed by atoms with van der Waals surface area (Å²) in [5.41, 5.74) is 3.92. The van der Waals surface area contributed by atoms with Gasteiger partial charge in [0, 0.05) is 67.9 Å². The second-order valence-corrected chi connectivity index (χ2v) is 15.8. The molecular weight excluding hydrogens is 646 g/mol. The zero-order valence-corrected chi connectivity index (χ0v) is 29.6. The molecule has 3 aromatic rings. The van der Waals surface area contributed by atoms with Crippen LogP contribution in [0.4, 0.5) is 0 Å². The number of aromatic nitrogens is 1. The summed E-state index contributed by atoms with van der Waals surface area (Å²) in [6.45, 7) is 4.41. The Balaban J connectivity index is 1.47. The molecule has 1 saturated heterocycles. The zero-order chi connectivity index (χ0) is 35.2. The number of hydrogen-bond donors (Lipinski definition) is 2. The number of ether oxygens (including phenoxy) is 1. The van der Waals surface area contributed by atoms with Crippen molar-refractivity contribution in [1.82, 2.24) is 23.4 Å². The van der Waals surface area contributed by atoms with E-state index in [1.165, 1.54) is 39.9 Å². The summed E-state index contributed by atoms with van der Waals surface area (Å²) >= 11 is 0. The number of fused-ring (bicyclic) bond motifs is 5. The van der Waals surface area contributed by atoms with Gasteiger partial charge in [-0.05, 0) is 80.1 Å². The van der Waals surface area contributed by atoms with Gasteiger partial charge < -0.3 is 24.2 Å². The van der Waals surface area contributed by atoms with E-state index in [2.05, 4.69) is 9.29 Å². The first-order valence-electron chi connectivity index (χ1n) is 16.8. The number of nitrogens with zero attached hydrogens (tertiary/aromatic N) is 4. The van der Waals surface area contributed by atoms with Crippen LogP contribution in [-0.2, 0) is 26.3 Å². The van der Waals surface area contributed by atoms with Gasteiger partial charge in [-0.1, -0.05) is 25.3 Å². The lowest BCUT2D eigenvalue weighted by atomic mass is 9.81. The Morgan fingerprint density at radius 2 is 1.63 bits per heavy atom. The maximum atomic E-state index is 14.3. The van der Waals surface area contributed by atoms with E-state index in [1.54, 1.807) is 29.0 Å². The van der Waals surface area contributed by atoms with E-state index in [0.717, 1.165) is 57.7 Å². The number of carbonyl (C=O) groups excluding carboxylic acids is 3. The van der Waals surface area contributed by atoms with Crippen LogP contribution in [0.2, 0.25) is 0 Å². The topological polar surface area (TPSA) is 141 Å². The largest absolute Gasteiger partial charge is 0.497 e. The second kappa shape index (κ2) is 13.3. The molecule has 0 spiro atoms. The lowest BCUT2D eigenvalue weighted by molar-refractivity contribution is -0.151. The third-order valence-electron chi connectivity index (χ3n) is 9.91. The molecule has 1 saturated carbocycles. The maximum Gasteiger partial charge on any atom is 0.303 e. The number of benzene rings is 2. The molecule has 12 nitrogen and oxygen atoms in total. The van der Waals surface area contributed by atoms with Crippen molar-refractivity contribution in [3.8, 4) is 17.0 Å². The van der Waals surface area contributed by atoms with Crippen LogP contribution in [0, 0.1) is 0 Å². The number of nitrogens with one attached hydrogen (secondary N) is 1. The maximum absolute atomic E-state index is 14.3. The fraction of sp³-hybridized carbons (Fsp3) is 0.472. The lowest BCUT2D eigenvalue weighted by Gasteiger charge is -2.37. The van der Waals surface area contributed by atoms with E-state index in [1.807, 2.05) is 30.3 Å². The summed E-state index contributed by atoms with van der Waals surface area (Å²) in [6, 6.07) is 11.2. The van der Waals surface area contributed by atoms with Gasteiger partial charge in [0.25, 0.3) is 17.7 Å². The van der Waals surface area contributed by atoms with Crippen LogP contribution in [0.5, 0.6) is 5.75 Å². The average Bonchev–Trinajstić information content (AvgIpc) is 3.29. The van der Waals surface area contributed by atoms with Gasteiger partial charge in [-0.15, -0.1) is 0 Å². The molecule has 2 aliphatic heterocycles. The van der Waals surface area contributed by atoms with Gasteiger partial charge in [0.05, 0.1) is 19.3 Å². The number of hydrogen-bond acceptors (Lipinski definition) is 7. The van der Waals surface area contributed by atoms with Crippen LogP contribution < -0.4 is 9.46 Å². The first-order valence-corrected chi connectivity index (χ1v) is 18.2. The Labute approximate surface area is 287 Å². The predicted octanol–water partition coefficient (Wildman–Crippen LogP) is 3.74. The number of carbonyl (C=O) groups is 3. The Morgan fingerprint density at radius 1 is 0.959 bits per heavy atom. The van der Waals surface area contributed by atoms with Gasteiger partial charge in [0.2, 0.25) is 0 Å². The first-order chi connectivity index (χ1) is 23.2. The van der Waals surface area contributed by atoms with Crippen LogP contribution in [0.1, 0.15) is 73.4 Å². The molecule has 3 amide bonds. The van der Waals surface area contributed by atoms with Crippen LogP contribution in [0.25, 0.3) is 28.2 Å². The normalized spacial score (nSPS) is 17.3. The third kappa shape index (κ3) is 6.71. The summed E-state index contributed by atoms with van der Waals surface area (Å²) in [7, 11) is 0.298.